The van der Waals surface area contributed by atoms with Crippen LogP contribution >= 0.6 is 54.8 Å². The topological polar surface area (TPSA) is 0 Å². The Labute approximate surface area is 137 Å². The fourth-order valence-electron chi connectivity index (χ4n) is 2.12. The molecule has 0 radical (unpaired) electrons. The second-order valence-corrected chi connectivity index (χ2v) is 8.00. The van der Waals surface area contributed by atoms with E-state index >= 15 is 0 Å². The minimum atomic E-state index is 0.186. The van der Waals surface area contributed by atoms with E-state index in [1.54, 1.807) is 11.3 Å². The number of rotatable bonds is 2. The molecule has 0 amide bonds. The lowest BCUT2D eigenvalue weighted by molar-refractivity contribution is 1.25. The molecule has 3 aromatic rings. The molecular weight excluding hydrogens is 407 g/mol. The number of benzene rings is 2. The average molecular weight is 417 g/mol. The third kappa shape index (κ3) is 2.62. The average Bonchev–Trinajstić information content (AvgIpc) is 2.86. The summed E-state index contributed by atoms with van der Waals surface area (Å²) in [7, 11) is 0. The first-order valence-corrected chi connectivity index (χ1v) is 8.63. The van der Waals surface area contributed by atoms with Crippen LogP contribution in [0, 0.1) is 0 Å². The van der Waals surface area contributed by atoms with Gasteiger partial charge in [-0.25, -0.2) is 0 Å². The van der Waals surface area contributed by atoms with Gasteiger partial charge in [-0.3, -0.25) is 0 Å². The van der Waals surface area contributed by atoms with Crippen LogP contribution in [0.15, 0.2) is 52.3 Å². The first kappa shape index (κ1) is 13.6. The van der Waals surface area contributed by atoms with Crippen molar-refractivity contribution in [3.63, 3.8) is 0 Å². The zero-order chi connectivity index (χ0) is 13.4. The highest BCUT2D eigenvalue weighted by Gasteiger charge is 2.16. The Morgan fingerprint density at radius 3 is 2.37 bits per heavy atom. The molecule has 96 valence electrons. The first-order chi connectivity index (χ1) is 9.16. The summed E-state index contributed by atoms with van der Waals surface area (Å²) in [6.07, 6.45) is 0. The van der Waals surface area contributed by atoms with Gasteiger partial charge in [0.2, 0.25) is 0 Å². The fourth-order valence-corrected chi connectivity index (χ4v) is 4.61. The summed E-state index contributed by atoms with van der Waals surface area (Å²) < 4.78 is 1.14. The maximum atomic E-state index is 6.26. The lowest BCUT2D eigenvalue weighted by Gasteiger charge is -2.12. The molecule has 4 heteroatoms. The molecule has 0 saturated carbocycles. The molecule has 1 unspecified atom stereocenters. The Morgan fingerprint density at radius 2 is 1.68 bits per heavy atom. The number of hydrogen-bond acceptors (Lipinski definition) is 1. The minimum absolute atomic E-state index is 0.186. The van der Waals surface area contributed by atoms with Crippen molar-refractivity contribution in [2.45, 2.75) is 4.83 Å². The van der Waals surface area contributed by atoms with Crippen LogP contribution in [0.25, 0.3) is 10.8 Å². The van der Waals surface area contributed by atoms with Gasteiger partial charge in [-0.1, -0.05) is 57.9 Å². The van der Waals surface area contributed by atoms with Crippen molar-refractivity contribution in [3.8, 4) is 0 Å². The standard InChI is InChI=1S/C15H9Br2ClS/c16-14-8-7-13(19-14)15(17)11-5-6-12(18)10-4-2-1-3-9(10)11/h1-8,15H. The quantitative estimate of drug-likeness (QED) is 0.403. The van der Waals surface area contributed by atoms with Crippen LogP contribution in [0.3, 0.4) is 0 Å². The number of thiophene rings is 1. The van der Waals surface area contributed by atoms with E-state index < -0.39 is 0 Å². The summed E-state index contributed by atoms with van der Waals surface area (Å²) in [6.45, 7) is 0. The number of halogens is 3. The molecule has 0 spiro atoms. The number of alkyl halides is 1. The number of fused-ring (bicyclic) bond motifs is 1. The SMILES string of the molecule is Clc1ccc(C(Br)c2ccc(Br)s2)c2ccccc12. The van der Waals surface area contributed by atoms with E-state index in [-0.39, 0.29) is 4.83 Å². The normalized spacial score (nSPS) is 12.8. The second kappa shape index (κ2) is 5.57. The van der Waals surface area contributed by atoms with Crippen molar-refractivity contribution >= 4 is 65.6 Å². The van der Waals surface area contributed by atoms with Crippen molar-refractivity contribution in [1.29, 1.82) is 0 Å². The number of hydrogen-bond donors (Lipinski definition) is 0. The largest absolute Gasteiger partial charge is 0.132 e. The summed E-state index contributed by atoms with van der Waals surface area (Å²) >= 11 is 15.3. The van der Waals surface area contributed by atoms with E-state index in [1.165, 1.54) is 15.8 Å². The van der Waals surface area contributed by atoms with E-state index in [4.69, 9.17) is 11.6 Å². The molecule has 1 aromatic heterocycles. The molecule has 2 aromatic carbocycles. The third-order valence-corrected chi connectivity index (χ3v) is 6.33. The van der Waals surface area contributed by atoms with Gasteiger partial charge < -0.3 is 0 Å². The van der Waals surface area contributed by atoms with E-state index in [9.17, 15) is 0 Å². The summed E-state index contributed by atoms with van der Waals surface area (Å²) in [6, 6.07) is 16.5. The highest BCUT2D eigenvalue weighted by molar-refractivity contribution is 9.11. The van der Waals surface area contributed by atoms with Crippen molar-refractivity contribution < 1.29 is 0 Å². The van der Waals surface area contributed by atoms with Crippen LogP contribution < -0.4 is 0 Å². The molecule has 19 heavy (non-hydrogen) atoms. The summed E-state index contributed by atoms with van der Waals surface area (Å²) in [5, 5.41) is 3.09. The van der Waals surface area contributed by atoms with Crippen molar-refractivity contribution in [2.24, 2.45) is 0 Å². The molecule has 0 N–H and O–H groups in total. The van der Waals surface area contributed by atoms with Gasteiger partial charge in [0.1, 0.15) is 0 Å². The fraction of sp³-hybridized carbons (Fsp3) is 0.0667. The van der Waals surface area contributed by atoms with E-state index in [0.717, 1.165) is 14.2 Å². The van der Waals surface area contributed by atoms with Gasteiger partial charge in [-0.15, -0.1) is 11.3 Å². The zero-order valence-electron chi connectivity index (χ0n) is 9.74. The highest BCUT2D eigenvalue weighted by atomic mass is 79.9. The predicted molar refractivity (Wildman–Crippen MR) is 91.7 cm³/mol. The monoisotopic (exact) mass is 414 g/mol. The van der Waals surface area contributed by atoms with Gasteiger partial charge in [-0.05, 0) is 45.1 Å². The van der Waals surface area contributed by atoms with Gasteiger partial charge in [0, 0.05) is 15.3 Å². The van der Waals surface area contributed by atoms with Gasteiger partial charge in [-0.2, -0.15) is 0 Å². The van der Waals surface area contributed by atoms with Crippen LogP contribution in [-0.4, -0.2) is 0 Å². The second-order valence-electron chi connectivity index (χ2n) is 4.19. The van der Waals surface area contributed by atoms with Gasteiger partial charge >= 0.3 is 0 Å². The maximum absolute atomic E-state index is 6.26. The molecule has 0 saturated heterocycles. The smallest absolute Gasteiger partial charge is 0.0744 e. The van der Waals surface area contributed by atoms with Gasteiger partial charge in [0.25, 0.3) is 0 Å². The first-order valence-electron chi connectivity index (χ1n) is 5.73. The van der Waals surface area contributed by atoms with E-state index in [2.05, 4.69) is 62.2 Å². The predicted octanol–water partition coefficient (Wildman–Crippen LogP) is 6.80. The minimum Gasteiger partial charge on any atom is -0.132 e. The van der Waals surface area contributed by atoms with Crippen LogP contribution in [0.5, 0.6) is 0 Å². The van der Waals surface area contributed by atoms with E-state index in [0.29, 0.717) is 0 Å². The van der Waals surface area contributed by atoms with Crippen LogP contribution in [-0.2, 0) is 0 Å². The molecule has 0 aliphatic heterocycles. The van der Waals surface area contributed by atoms with Crippen molar-refractivity contribution in [1.82, 2.24) is 0 Å². The Hall–Kier alpha value is -0.350. The molecule has 0 aliphatic carbocycles. The third-order valence-electron chi connectivity index (χ3n) is 3.02. The molecule has 0 aliphatic rings. The van der Waals surface area contributed by atoms with Crippen molar-refractivity contribution in [2.75, 3.05) is 0 Å². The Morgan fingerprint density at radius 1 is 0.947 bits per heavy atom. The Kier molecular flexibility index (Phi) is 3.99. The molecule has 3 rings (SSSR count). The maximum Gasteiger partial charge on any atom is 0.0744 e. The highest BCUT2D eigenvalue weighted by Crippen LogP contribution is 2.40. The van der Waals surface area contributed by atoms with Crippen molar-refractivity contribution in [3.05, 3.63) is 67.8 Å². The lowest BCUT2D eigenvalue weighted by Crippen LogP contribution is -1.91. The molecule has 1 atom stereocenters. The Bertz CT molecular complexity index is 736. The molecule has 1 heterocycles. The summed E-state index contributed by atoms with van der Waals surface area (Å²) in [5.41, 5.74) is 1.24. The zero-order valence-corrected chi connectivity index (χ0v) is 14.5. The summed E-state index contributed by atoms with van der Waals surface area (Å²) in [5.74, 6) is 0. The Balaban J connectivity index is 2.18. The van der Waals surface area contributed by atoms with Crippen LogP contribution in [0.2, 0.25) is 5.02 Å². The van der Waals surface area contributed by atoms with Gasteiger partial charge in [0.15, 0.2) is 0 Å². The molecule has 0 bridgehead atoms. The molecular formula is C15H9Br2ClS. The molecule has 0 fully saturated rings. The van der Waals surface area contributed by atoms with Crippen LogP contribution in [0.1, 0.15) is 15.3 Å². The molecule has 0 nitrogen and oxygen atoms in total. The van der Waals surface area contributed by atoms with Crippen LogP contribution in [0.4, 0.5) is 0 Å². The van der Waals surface area contributed by atoms with Gasteiger partial charge in [0.05, 0.1) is 8.61 Å². The van der Waals surface area contributed by atoms with E-state index in [1.807, 2.05) is 18.2 Å². The lowest BCUT2D eigenvalue weighted by atomic mass is 10.0. The summed E-state index contributed by atoms with van der Waals surface area (Å²) in [4.78, 5) is 1.46.